The number of anilines is 1. The monoisotopic (exact) mass is 469 g/mol. The van der Waals surface area contributed by atoms with Crippen molar-refractivity contribution in [2.75, 3.05) is 12.0 Å². The van der Waals surface area contributed by atoms with E-state index in [1.165, 1.54) is 25.3 Å². The molecular formula is C27H20FN3O4. The second kappa shape index (κ2) is 7.87. The Morgan fingerprint density at radius 1 is 0.943 bits per heavy atom. The van der Waals surface area contributed by atoms with Crippen molar-refractivity contribution in [3.05, 3.63) is 95.3 Å². The van der Waals surface area contributed by atoms with Crippen LogP contribution in [0.2, 0.25) is 0 Å². The standard InChI is InChI=1S/C27H20FN3O4/c1-35-19-11-9-15(10-12-19)25(32)24-22-21(23-20-8-3-2-5-16(20)14-29-31(23)24)26(33)30(27(22)34)18-7-4-6-17(28)13-18/h2-14,21-24H,1H3. The number of carbonyl (C=O) groups is 3. The Morgan fingerprint density at radius 2 is 1.69 bits per heavy atom. The number of halogens is 1. The van der Waals surface area contributed by atoms with E-state index < -0.39 is 41.6 Å². The van der Waals surface area contributed by atoms with E-state index in [1.807, 2.05) is 24.3 Å². The van der Waals surface area contributed by atoms with Crippen molar-refractivity contribution in [2.45, 2.75) is 12.1 Å². The maximum absolute atomic E-state index is 14.0. The molecule has 2 amide bonds. The van der Waals surface area contributed by atoms with Crippen LogP contribution in [0.5, 0.6) is 5.75 Å². The number of ether oxygens (including phenoxy) is 1. The van der Waals surface area contributed by atoms with E-state index in [1.54, 1.807) is 35.5 Å². The second-order valence-electron chi connectivity index (χ2n) is 8.78. The average Bonchev–Trinajstić information content (AvgIpc) is 3.36. The van der Waals surface area contributed by atoms with E-state index in [9.17, 15) is 18.8 Å². The number of imide groups is 1. The Bertz CT molecular complexity index is 1400. The summed E-state index contributed by atoms with van der Waals surface area (Å²) in [5, 5.41) is 6.14. The number of Topliss-reactive ketones (excluding diaryl/α,β-unsaturated/α-hetero) is 1. The predicted octanol–water partition coefficient (Wildman–Crippen LogP) is 3.60. The molecule has 2 saturated heterocycles. The predicted molar refractivity (Wildman–Crippen MR) is 126 cm³/mol. The van der Waals surface area contributed by atoms with Crippen LogP contribution in [-0.4, -0.2) is 42.0 Å². The van der Waals surface area contributed by atoms with E-state index in [0.29, 0.717) is 11.3 Å². The third kappa shape index (κ3) is 3.10. The number of fused-ring (bicyclic) bond motifs is 5. The maximum Gasteiger partial charge on any atom is 0.240 e. The smallest absolute Gasteiger partial charge is 0.240 e. The van der Waals surface area contributed by atoms with Crippen LogP contribution in [0.15, 0.2) is 77.9 Å². The van der Waals surface area contributed by atoms with Gasteiger partial charge in [0, 0.05) is 5.56 Å². The molecule has 0 N–H and O–H groups in total. The molecule has 4 atom stereocenters. The summed E-state index contributed by atoms with van der Waals surface area (Å²) in [4.78, 5) is 42.3. The van der Waals surface area contributed by atoms with Crippen molar-refractivity contribution in [1.29, 1.82) is 0 Å². The number of ketones is 1. The van der Waals surface area contributed by atoms with Gasteiger partial charge in [-0.1, -0.05) is 30.3 Å². The Kier molecular flexibility index (Phi) is 4.77. The quantitative estimate of drug-likeness (QED) is 0.431. The zero-order valence-corrected chi connectivity index (χ0v) is 18.7. The Labute approximate surface area is 200 Å². The molecule has 7 nitrogen and oxygen atoms in total. The van der Waals surface area contributed by atoms with Crippen LogP contribution in [-0.2, 0) is 9.59 Å². The fourth-order valence-electron chi connectivity index (χ4n) is 5.46. The highest BCUT2D eigenvalue weighted by molar-refractivity contribution is 6.24. The van der Waals surface area contributed by atoms with Crippen LogP contribution < -0.4 is 9.64 Å². The van der Waals surface area contributed by atoms with E-state index in [-0.39, 0.29) is 11.5 Å². The number of amides is 2. The van der Waals surface area contributed by atoms with Crippen LogP contribution >= 0.6 is 0 Å². The third-order valence-electron chi connectivity index (χ3n) is 7.00. The lowest BCUT2D eigenvalue weighted by Gasteiger charge is -2.33. The van der Waals surface area contributed by atoms with Crippen LogP contribution in [0.1, 0.15) is 27.5 Å². The minimum Gasteiger partial charge on any atom is -0.497 e. The molecule has 0 saturated carbocycles. The normalized spacial score (nSPS) is 24.3. The van der Waals surface area contributed by atoms with Crippen LogP contribution in [0.25, 0.3) is 0 Å². The summed E-state index contributed by atoms with van der Waals surface area (Å²) in [6.45, 7) is 0. The number of rotatable bonds is 4. The first-order valence-electron chi connectivity index (χ1n) is 11.2. The van der Waals surface area contributed by atoms with Gasteiger partial charge in [0.15, 0.2) is 5.78 Å². The highest BCUT2D eigenvalue weighted by Gasteiger charge is 2.65. The minimum absolute atomic E-state index is 0.157. The molecule has 3 aliphatic rings. The van der Waals surface area contributed by atoms with Crippen molar-refractivity contribution in [1.82, 2.24) is 5.01 Å². The molecule has 3 heterocycles. The first kappa shape index (κ1) is 21.2. The van der Waals surface area contributed by atoms with Crippen LogP contribution in [0.3, 0.4) is 0 Å². The summed E-state index contributed by atoms with van der Waals surface area (Å²) in [7, 11) is 1.53. The molecule has 3 aromatic rings. The van der Waals surface area contributed by atoms with Crippen LogP contribution in [0.4, 0.5) is 10.1 Å². The van der Waals surface area contributed by atoms with Crippen molar-refractivity contribution in [2.24, 2.45) is 16.9 Å². The number of hydrogen-bond donors (Lipinski definition) is 0. The molecule has 2 fully saturated rings. The van der Waals surface area contributed by atoms with Gasteiger partial charge >= 0.3 is 0 Å². The van der Waals surface area contributed by atoms with Crippen molar-refractivity contribution >= 4 is 29.5 Å². The van der Waals surface area contributed by atoms with Gasteiger partial charge in [0.25, 0.3) is 0 Å². The van der Waals surface area contributed by atoms with E-state index in [4.69, 9.17) is 4.74 Å². The van der Waals surface area contributed by atoms with Crippen LogP contribution in [0, 0.1) is 17.7 Å². The fourth-order valence-corrected chi connectivity index (χ4v) is 5.46. The Morgan fingerprint density at radius 3 is 2.43 bits per heavy atom. The summed E-state index contributed by atoms with van der Waals surface area (Å²) < 4.78 is 19.2. The molecule has 3 aliphatic heterocycles. The van der Waals surface area contributed by atoms with Crippen molar-refractivity contribution in [3.63, 3.8) is 0 Å². The molecular weight excluding hydrogens is 449 g/mol. The highest BCUT2D eigenvalue weighted by Crippen LogP contribution is 2.53. The lowest BCUT2D eigenvalue weighted by atomic mass is 9.83. The molecule has 35 heavy (non-hydrogen) atoms. The van der Waals surface area contributed by atoms with Gasteiger partial charge in [-0.05, 0) is 53.6 Å². The van der Waals surface area contributed by atoms with Gasteiger partial charge in [0.2, 0.25) is 11.8 Å². The van der Waals surface area contributed by atoms with E-state index in [2.05, 4.69) is 5.10 Å². The summed E-state index contributed by atoms with van der Waals surface area (Å²) in [5.74, 6) is -3.07. The van der Waals surface area contributed by atoms with Gasteiger partial charge in [-0.15, -0.1) is 0 Å². The summed E-state index contributed by atoms with van der Waals surface area (Å²) >= 11 is 0. The summed E-state index contributed by atoms with van der Waals surface area (Å²) in [5.41, 5.74) is 2.19. The topological polar surface area (TPSA) is 79.3 Å². The zero-order chi connectivity index (χ0) is 24.3. The van der Waals surface area contributed by atoms with Gasteiger partial charge in [0.05, 0.1) is 36.9 Å². The van der Waals surface area contributed by atoms with Gasteiger partial charge in [-0.25, -0.2) is 9.29 Å². The lowest BCUT2D eigenvalue weighted by Crippen LogP contribution is -2.44. The van der Waals surface area contributed by atoms with Gasteiger partial charge in [-0.3, -0.25) is 19.4 Å². The van der Waals surface area contributed by atoms with Gasteiger partial charge in [0.1, 0.15) is 17.6 Å². The SMILES string of the molecule is COc1ccc(C(=O)C2C3C(=O)N(c4cccc(F)c4)C(=O)C3C3c4ccccc4C=NN23)cc1. The first-order chi connectivity index (χ1) is 17.0. The molecule has 0 aromatic heterocycles. The molecule has 3 aromatic carbocycles. The molecule has 0 spiro atoms. The van der Waals surface area contributed by atoms with Crippen molar-refractivity contribution in [3.8, 4) is 5.75 Å². The number of hydrazone groups is 1. The van der Waals surface area contributed by atoms with E-state index in [0.717, 1.165) is 22.1 Å². The zero-order valence-electron chi connectivity index (χ0n) is 18.7. The summed E-state index contributed by atoms with van der Waals surface area (Å²) in [6.07, 6.45) is 1.65. The highest BCUT2D eigenvalue weighted by atomic mass is 19.1. The average molecular weight is 469 g/mol. The third-order valence-corrected chi connectivity index (χ3v) is 7.00. The molecule has 0 aliphatic carbocycles. The van der Waals surface area contributed by atoms with Crippen molar-refractivity contribution < 1.29 is 23.5 Å². The molecule has 6 rings (SSSR count). The number of carbonyl (C=O) groups excluding carboxylic acids is 3. The number of nitrogens with zero attached hydrogens (tertiary/aromatic N) is 3. The number of methoxy groups -OCH3 is 1. The molecule has 174 valence electrons. The second-order valence-corrected chi connectivity index (χ2v) is 8.78. The van der Waals surface area contributed by atoms with Gasteiger partial charge in [-0.2, -0.15) is 5.10 Å². The molecule has 4 unspecified atom stereocenters. The number of benzene rings is 3. The summed E-state index contributed by atoms with van der Waals surface area (Å²) in [6, 6.07) is 17.9. The fraction of sp³-hybridized carbons (Fsp3) is 0.185. The first-order valence-corrected chi connectivity index (χ1v) is 11.2. The number of hydrogen-bond acceptors (Lipinski definition) is 6. The molecule has 8 heteroatoms. The Balaban J connectivity index is 1.48. The molecule has 0 radical (unpaired) electrons. The Hall–Kier alpha value is -4.33. The largest absolute Gasteiger partial charge is 0.497 e. The minimum atomic E-state index is -0.988. The molecule has 0 bridgehead atoms. The van der Waals surface area contributed by atoms with Gasteiger partial charge < -0.3 is 4.74 Å². The maximum atomic E-state index is 14.0. The lowest BCUT2D eigenvalue weighted by molar-refractivity contribution is -0.124. The van der Waals surface area contributed by atoms with E-state index >= 15 is 0 Å².